The summed E-state index contributed by atoms with van der Waals surface area (Å²) < 4.78 is 3.69. The van der Waals surface area contributed by atoms with E-state index < -0.39 is 0 Å². The molecule has 0 atom stereocenters. The van der Waals surface area contributed by atoms with E-state index in [1.54, 1.807) is 22.2 Å². The number of rotatable bonds is 1. The van der Waals surface area contributed by atoms with Crippen LogP contribution in [0.4, 0.5) is 0 Å². The number of thiazole rings is 1. The van der Waals surface area contributed by atoms with E-state index in [0.717, 1.165) is 10.4 Å². The van der Waals surface area contributed by atoms with Gasteiger partial charge in [0.2, 0.25) is 0 Å². The lowest BCUT2D eigenvalue weighted by Crippen LogP contribution is -1.83. The Morgan fingerprint density at radius 3 is 2.93 bits per heavy atom. The van der Waals surface area contributed by atoms with Crippen LogP contribution in [0.3, 0.4) is 0 Å². The topological polar surface area (TPSA) is 35.1 Å². The lowest BCUT2D eigenvalue weighted by molar-refractivity contribution is 0.768. The summed E-state index contributed by atoms with van der Waals surface area (Å²) >= 11 is 1.72. The molecule has 0 unspecified atom stereocenters. The van der Waals surface area contributed by atoms with Gasteiger partial charge in [0, 0.05) is 25.0 Å². The third-order valence-corrected chi connectivity index (χ3v) is 3.17. The van der Waals surface area contributed by atoms with Crippen LogP contribution < -0.4 is 0 Å². The highest BCUT2D eigenvalue weighted by molar-refractivity contribution is 7.20. The second-order valence-electron chi connectivity index (χ2n) is 3.11. The van der Waals surface area contributed by atoms with Crippen LogP contribution in [0.1, 0.15) is 0 Å². The molecule has 0 aliphatic rings. The lowest BCUT2D eigenvalue weighted by Gasteiger charge is -1.85. The molecular formula is C9H8N4S. The quantitative estimate of drug-likeness (QED) is 0.605. The molecule has 0 N–H and O–H groups in total. The van der Waals surface area contributed by atoms with E-state index in [1.165, 1.54) is 4.88 Å². The minimum Gasteiger partial charge on any atom is -0.275 e. The Balaban J connectivity index is 2.18. The zero-order valence-corrected chi connectivity index (χ0v) is 8.40. The summed E-state index contributed by atoms with van der Waals surface area (Å²) in [7, 11) is 1.92. The van der Waals surface area contributed by atoms with Crippen LogP contribution in [0.25, 0.3) is 15.3 Å². The van der Waals surface area contributed by atoms with Crippen molar-refractivity contribution in [1.29, 1.82) is 0 Å². The zero-order chi connectivity index (χ0) is 9.54. The van der Waals surface area contributed by atoms with Crippen molar-refractivity contribution in [2.75, 3.05) is 0 Å². The number of hydrogen-bond donors (Lipinski definition) is 0. The molecule has 0 aromatic carbocycles. The first-order valence-electron chi connectivity index (χ1n) is 4.25. The molecule has 0 saturated carbocycles. The van der Waals surface area contributed by atoms with Gasteiger partial charge in [-0.1, -0.05) is 0 Å². The van der Waals surface area contributed by atoms with Gasteiger partial charge in [0.15, 0.2) is 0 Å². The minimum absolute atomic E-state index is 1.14. The predicted molar refractivity (Wildman–Crippen MR) is 55.3 cm³/mol. The fraction of sp³-hybridized carbons (Fsp3) is 0.111. The van der Waals surface area contributed by atoms with Crippen molar-refractivity contribution in [3.63, 3.8) is 0 Å². The van der Waals surface area contributed by atoms with Gasteiger partial charge in [-0.3, -0.25) is 4.68 Å². The normalized spacial score (nSPS) is 11.2. The highest BCUT2D eigenvalue weighted by Crippen LogP contribution is 2.27. The summed E-state index contributed by atoms with van der Waals surface area (Å²) in [4.78, 5) is 2.35. The summed E-state index contributed by atoms with van der Waals surface area (Å²) in [5, 5.41) is 8.31. The van der Waals surface area contributed by atoms with E-state index in [0.29, 0.717) is 0 Å². The van der Waals surface area contributed by atoms with E-state index in [-0.39, 0.29) is 0 Å². The van der Waals surface area contributed by atoms with Gasteiger partial charge in [-0.15, -0.1) is 11.3 Å². The zero-order valence-electron chi connectivity index (χ0n) is 7.58. The summed E-state index contributed by atoms with van der Waals surface area (Å²) in [6.45, 7) is 0. The molecule has 0 spiro atoms. The molecule has 0 aliphatic carbocycles. The molecule has 4 nitrogen and oxygen atoms in total. The standard InChI is InChI=1S/C9H8N4S/c1-12-5-7(4-11-12)8-6-13-9(14-8)2-3-10-13/h2-6H,1H3. The molecule has 0 amide bonds. The number of hydrogen-bond acceptors (Lipinski definition) is 3. The Labute approximate surface area is 84.4 Å². The van der Waals surface area contributed by atoms with Gasteiger partial charge in [-0.25, -0.2) is 4.52 Å². The van der Waals surface area contributed by atoms with Gasteiger partial charge >= 0.3 is 0 Å². The van der Waals surface area contributed by atoms with Crippen molar-refractivity contribution in [1.82, 2.24) is 19.4 Å². The maximum Gasteiger partial charge on any atom is 0.119 e. The molecule has 0 saturated heterocycles. The first-order chi connectivity index (χ1) is 6.83. The smallest absolute Gasteiger partial charge is 0.119 e. The Morgan fingerprint density at radius 2 is 2.21 bits per heavy atom. The van der Waals surface area contributed by atoms with Crippen molar-refractivity contribution in [2.45, 2.75) is 0 Å². The summed E-state index contributed by atoms with van der Waals surface area (Å²) in [5.74, 6) is 0. The van der Waals surface area contributed by atoms with Crippen LogP contribution in [-0.2, 0) is 7.05 Å². The monoisotopic (exact) mass is 204 g/mol. The van der Waals surface area contributed by atoms with Crippen LogP contribution in [-0.4, -0.2) is 19.4 Å². The van der Waals surface area contributed by atoms with Gasteiger partial charge in [0.25, 0.3) is 0 Å². The lowest BCUT2D eigenvalue weighted by atomic mass is 10.3. The fourth-order valence-electron chi connectivity index (χ4n) is 1.41. The third kappa shape index (κ3) is 1.06. The van der Waals surface area contributed by atoms with Gasteiger partial charge in [-0.05, 0) is 6.07 Å². The molecule has 3 aromatic rings. The van der Waals surface area contributed by atoms with Crippen LogP contribution in [0.5, 0.6) is 0 Å². The first-order valence-corrected chi connectivity index (χ1v) is 5.07. The second kappa shape index (κ2) is 2.68. The number of fused-ring (bicyclic) bond motifs is 1. The average Bonchev–Trinajstić information content (AvgIpc) is 2.75. The molecule has 3 heterocycles. The van der Waals surface area contributed by atoms with Crippen molar-refractivity contribution in [3.05, 3.63) is 30.9 Å². The van der Waals surface area contributed by atoms with Crippen LogP contribution in [0, 0.1) is 0 Å². The molecule has 0 aliphatic heterocycles. The van der Waals surface area contributed by atoms with E-state index in [1.807, 2.05) is 36.2 Å². The third-order valence-electron chi connectivity index (χ3n) is 2.08. The van der Waals surface area contributed by atoms with E-state index in [9.17, 15) is 0 Å². The Bertz CT molecular complexity index is 546. The summed E-state index contributed by atoms with van der Waals surface area (Å²) in [6.07, 6.45) is 7.70. The van der Waals surface area contributed by atoms with Gasteiger partial charge in [0.1, 0.15) is 4.83 Å². The highest BCUT2D eigenvalue weighted by atomic mass is 32.1. The molecule has 0 bridgehead atoms. The van der Waals surface area contributed by atoms with E-state index in [4.69, 9.17) is 0 Å². The minimum atomic E-state index is 1.14. The van der Waals surface area contributed by atoms with Crippen molar-refractivity contribution < 1.29 is 0 Å². The molecule has 3 rings (SSSR count). The second-order valence-corrected chi connectivity index (χ2v) is 4.17. The maximum absolute atomic E-state index is 4.17. The average molecular weight is 204 g/mol. The number of aromatic nitrogens is 4. The van der Waals surface area contributed by atoms with E-state index in [2.05, 4.69) is 10.2 Å². The number of nitrogens with zero attached hydrogens (tertiary/aromatic N) is 4. The highest BCUT2D eigenvalue weighted by Gasteiger charge is 2.05. The Hall–Kier alpha value is -1.62. The van der Waals surface area contributed by atoms with Crippen LogP contribution >= 0.6 is 11.3 Å². The molecule has 5 heteroatoms. The van der Waals surface area contributed by atoms with Gasteiger partial charge < -0.3 is 0 Å². The molecule has 70 valence electrons. The Morgan fingerprint density at radius 1 is 1.29 bits per heavy atom. The van der Waals surface area contributed by atoms with Crippen molar-refractivity contribution >= 4 is 16.2 Å². The molecule has 3 aromatic heterocycles. The SMILES string of the molecule is Cn1cc(-c2cn3nccc3s2)cn1. The van der Waals surface area contributed by atoms with E-state index >= 15 is 0 Å². The van der Waals surface area contributed by atoms with Crippen LogP contribution in [0.2, 0.25) is 0 Å². The summed E-state index contributed by atoms with van der Waals surface area (Å²) in [6, 6.07) is 2.00. The van der Waals surface area contributed by atoms with Crippen molar-refractivity contribution in [3.8, 4) is 10.4 Å². The molecule has 0 fully saturated rings. The Kier molecular flexibility index (Phi) is 1.49. The fourth-order valence-corrected chi connectivity index (χ4v) is 2.34. The van der Waals surface area contributed by atoms with Gasteiger partial charge in [0.05, 0.1) is 17.3 Å². The largest absolute Gasteiger partial charge is 0.275 e. The molecule has 0 radical (unpaired) electrons. The van der Waals surface area contributed by atoms with Crippen LogP contribution in [0.15, 0.2) is 30.9 Å². The maximum atomic E-state index is 4.17. The number of aryl methyl sites for hydroxylation is 1. The van der Waals surface area contributed by atoms with Crippen molar-refractivity contribution in [2.24, 2.45) is 7.05 Å². The molecular weight excluding hydrogens is 196 g/mol. The molecule has 14 heavy (non-hydrogen) atoms. The summed E-state index contributed by atoms with van der Waals surface area (Å²) in [5.41, 5.74) is 1.14. The van der Waals surface area contributed by atoms with Gasteiger partial charge in [-0.2, -0.15) is 10.2 Å². The first kappa shape index (κ1) is 7.75. The predicted octanol–water partition coefficient (Wildman–Crippen LogP) is 1.80.